The molecule has 0 spiro atoms. The van der Waals surface area contributed by atoms with Crippen LogP contribution in [0.1, 0.15) is 26.7 Å². The van der Waals surface area contributed by atoms with Crippen molar-refractivity contribution in [2.24, 2.45) is 0 Å². The van der Waals surface area contributed by atoms with Crippen molar-refractivity contribution < 1.29 is 14.6 Å². The highest BCUT2D eigenvalue weighted by atomic mass is 16.5. The van der Waals surface area contributed by atoms with Gasteiger partial charge in [0.05, 0.1) is 24.9 Å². The first-order valence-corrected chi connectivity index (χ1v) is 6.21. The minimum atomic E-state index is -0.164. The van der Waals surface area contributed by atoms with Gasteiger partial charge in [0, 0.05) is 25.7 Å². The Morgan fingerprint density at radius 2 is 2.25 bits per heavy atom. The molecule has 0 aliphatic carbocycles. The highest BCUT2D eigenvalue weighted by Crippen LogP contribution is 2.25. The second-order valence-electron chi connectivity index (χ2n) is 5.48. The predicted molar refractivity (Wildman–Crippen MR) is 61.5 cm³/mol. The molecule has 0 radical (unpaired) electrons. The van der Waals surface area contributed by atoms with Gasteiger partial charge in [-0.1, -0.05) is 0 Å². The molecule has 0 bridgehead atoms. The van der Waals surface area contributed by atoms with Gasteiger partial charge < -0.3 is 14.6 Å². The van der Waals surface area contributed by atoms with Gasteiger partial charge in [-0.25, -0.2) is 0 Å². The lowest BCUT2D eigenvalue weighted by atomic mass is 10.0. The van der Waals surface area contributed by atoms with E-state index in [0.717, 1.165) is 32.7 Å². The average molecular weight is 229 g/mol. The van der Waals surface area contributed by atoms with Gasteiger partial charge in [-0.2, -0.15) is 0 Å². The molecule has 2 rings (SSSR count). The van der Waals surface area contributed by atoms with Crippen LogP contribution in [0, 0.1) is 0 Å². The first-order chi connectivity index (χ1) is 7.61. The maximum Gasteiger partial charge on any atom is 0.0940 e. The zero-order chi connectivity index (χ0) is 11.6. The van der Waals surface area contributed by atoms with Gasteiger partial charge in [0.25, 0.3) is 0 Å². The third-order valence-electron chi connectivity index (χ3n) is 3.36. The lowest BCUT2D eigenvalue weighted by Gasteiger charge is -2.46. The van der Waals surface area contributed by atoms with E-state index in [4.69, 9.17) is 9.47 Å². The third kappa shape index (κ3) is 2.94. The van der Waals surface area contributed by atoms with Crippen molar-refractivity contribution in [2.45, 2.75) is 44.4 Å². The summed E-state index contributed by atoms with van der Waals surface area (Å²) >= 11 is 0. The van der Waals surface area contributed by atoms with E-state index in [0.29, 0.717) is 6.04 Å². The summed E-state index contributed by atoms with van der Waals surface area (Å²) in [5.41, 5.74) is -0.164. The molecule has 2 saturated heterocycles. The van der Waals surface area contributed by atoms with Crippen LogP contribution in [-0.4, -0.2) is 60.7 Å². The van der Waals surface area contributed by atoms with Gasteiger partial charge in [0.1, 0.15) is 0 Å². The Bertz CT molecular complexity index is 226. The van der Waals surface area contributed by atoms with E-state index in [2.05, 4.69) is 18.7 Å². The lowest BCUT2D eigenvalue weighted by molar-refractivity contribution is -0.164. The second-order valence-corrected chi connectivity index (χ2v) is 5.48. The summed E-state index contributed by atoms with van der Waals surface area (Å²) in [5, 5.41) is 9.26. The number of ether oxygens (including phenoxy) is 2. The number of rotatable bonds is 2. The van der Waals surface area contributed by atoms with Crippen LogP contribution in [-0.2, 0) is 9.47 Å². The van der Waals surface area contributed by atoms with Crippen molar-refractivity contribution in [3.63, 3.8) is 0 Å². The van der Waals surface area contributed by atoms with E-state index in [-0.39, 0.29) is 18.3 Å². The lowest BCUT2D eigenvalue weighted by Crippen LogP contribution is -2.58. The number of aliphatic hydroxyl groups excluding tert-OH is 1. The fourth-order valence-corrected chi connectivity index (χ4v) is 2.73. The van der Waals surface area contributed by atoms with E-state index in [1.807, 2.05) is 0 Å². The Morgan fingerprint density at radius 1 is 1.44 bits per heavy atom. The Kier molecular flexibility index (Phi) is 3.85. The maximum atomic E-state index is 9.26. The molecule has 4 heteroatoms. The van der Waals surface area contributed by atoms with Crippen molar-refractivity contribution in [3.05, 3.63) is 0 Å². The molecule has 2 heterocycles. The number of nitrogens with zero attached hydrogens (tertiary/aromatic N) is 1. The average Bonchev–Trinajstić information content (AvgIpc) is 2.28. The molecule has 2 aliphatic rings. The highest BCUT2D eigenvalue weighted by Gasteiger charge is 2.36. The normalized spacial score (nSPS) is 36.2. The molecule has 2 fully saturated rings. The zero-order valence-corrected chi connectivity index (χ0v) is 10.3. The first-order valence-electron chi connectivity index (χ1n) is 6.21. The zero-order valence-electron chi connectivity index (χ0n) is 10.3. The van der Waals surface area contributed by atoms with Crippen LogP contribution in [0.25, 0.3) is 0 Å². The van der Waals surface area contributed by atoms with Crippen molar-refractivity contribution in [1.29, 1.82) is 0 Å². The molecule has 2 aliphatic heterocycles. The molecule has 0 saturated carbocycles. The molecule has 0 aromatic carbocycles. The van der Waals surface area contributed by atoms with Crippen LogP contribution in [0.15, 0.2) is 0 Å². The largest absolute Gasteiger partial charge is 0.394 e. The summed E-state index contributed by atoms with van der Waals surface area (Å²) in [5.74, 6) is 0. The van der Waals surface area contributed by atoms with Crippen molar-refractivity contribution in [1.82, 2.24) is 4.90 Å². The van der Waals surface area contributed by atoms with Crippen LogP contribution in [0.4, 0.5) is 0 Å². The van der Waals surface area contributed by atoms with E-state index in [9.17, 15) is 5.11 Å². The Morgan fingerprint density at radius 3 is 2.88 bits per heavy atom. The number of aliphatic hydroxyl groups is 1. The number of morpholine rings is 1. The van der Waals surface area contributed by atoms with Gasteiger partial charge in [0.2, 0.25) is 0 Å². The summed E-state index contributed by atoms with van der Waals surface area (Å²) in [4.78, 5) is 2.42. The minimum Gasteiger partial charge on any atom is -0.394 e. The van der Waals surface area contributed by atoms with E-state index in [1.165, 1.54) is 6.42 Å². The van der Waals surface area contributed by atoms with E-state index < -0.39 is 0 Å². The van der Waals surface area contributed by atoms with Gasteiger partial charge in [-0.15, -0.1) is 0 Å². The molecular weight excluding hydrogens is 206 g/mol. The number of hydrogen-bond acceptors (Lipinski definition) is 4. The fourth-order valence-electron chi connectivity index (χ4n) is 2.73. The molecule has 0 amide bonds. The first kappa shape index (κ1) is 12.3. The minimum absolute atomic E-state index is 0.0503. The Labute approximate surface area is 97.5 Å². The molecule has 94 valence electrons. The molecule has 4 nitrogen and oxygen atoms in total. The fraction of sp³-hybridized carbons (Fsp3) is 1.00. The standard InChI is InChI=1S/C12H23NO3/c1-12(2)9-13(6-11(7-14)16-12)10-4-3-5-15-8-10/h10-11,14H,3-9H2,1-2H3. The summed E-state index contributed by atoms with van der Waals surface area (Å²) in [6.07, 6.45) is 2.30. The van der Waals surface area contributed by atoms with E-state index >= 15 is 0 Å². The quantitative estimate of drug-likeness (QED) is 0.754. The van der Waals surface area contributed by atoms with E-state index in [1.54, 1.807) is 0 Å². The predicted octanol–water partition coefficient (Wildman–Crippen LogP) is 0.637. The number of hydrogen-bond donors (Lipinski definition) is 1. The van der Waals surface area contributed by atoms with Gasteiger partial charge in [-0.3, -0.25) is 4.90 Å². The summed E-state index contributed by atoms with van der Waals surface area (Å²) in [6.45, 7) is 7.76. The Balaban J connectivity index is 1.97. The van der Waals surface area contributed by atoms with Crippen molar-refractivity contribution >= 4 is 0 Å². The van der Waals surface area contributed by atoms with Crippen LogP contribution >= 0.6 is 0 Å². The van der Waals surface area contributed by atoms with Gasteiger partial charge in [-0.05, 0) is 26.7 Å². The van der Waals surface area contributed by atoms with Crippen LogP contribution in [0.2, 0.25) is 0 Å². The summed E-state index contributed by atoms with van der Waals surface area (Å²) < 4.78 is 11.3. The van der Waals surface area contributed by atoms with Crippen LogP contribution in [0.5, 0.6) is 0 Å². The second kappa shape index (κ2) is 5.00. The van der Waals surface area contributed by atoms with Crippen LogP contribution in [0.3, 0.4) is 0 Å². The Hall–Kier alpha value is -0.160. The summed E-state index contributed by atoms with van der Waals surface area (Å²) in [6, 6.07) is 0.506. The monoisotopic (exact) mass is 229 g/mol. The summed E-state index contributed by atoms with van der Waals surface area (Å²) in [7, 11) is 0. The topological polar surface area (TPSA) is 41.9 Å². The molecule has 1 N–H and O–H groups in total. The van der Waals surface area contributed by atoms with Crippen molar-refractivity contribution in [2.75, 3.05) is 32.9 Å². The molecule has 2 unspecified atom stereocenters. The third-order valence-corrected chi connectivity index (χ3v) is 3.36. The van der Waals surface area contributed by atoms with Crippen LogP contribution < -0.4 is 0 Å². The van der Waals surface area contributed by atoms with Gasteiger partial charge in [0.15, 0.2) is 0 Å². The SMILES string of the molecule is CC1(C)CN(C2CCCOC2)CC(CO)O1. The highest BCUT2D eigenvalue weighted by molar-refractivity contribution is 4.88. The maximum absolute atomic E-state index is 9.26. The smallest absolute Gasteiger partial charge is 0.0940 e. The molecule has 0 aromatic heterocycles. The molecular formula is C12H23NO3. The molecule has 16 heavy (non-hydrogen) atoms. The molecule has 0 aromatic rings. The molecule has 2 atom stereocenters. The van der Waals surface area contributed by atoms with Gasteiger partial charge >= 0.3 is 0 Å². The van der Waals surface area contributed by atoms with Crippen molar-refractivity contribution in [3.8, 4) is 0 Å².